The van der Waals surface area contributed by atoms with Gasteiger partial charge in [0.25, 0.3) is 0 Å². The number of ether oxygens (including phenoxy) is 5. The summed E-state index contributed by atoms with van der Waals surface area (Å²) in [4.78, 5) is 39.4. The first-order valence-corrected chi connectivity index (χ1v) is 15.5. The van der Waals surface area contributed by atoms with E-state index in [9.17, 15) is 14.4 Å². The SMILES string of the molecule is CCOC(=O)C(CC(=O)[C@H](C[C@H](Cc1ccc(OC)c(OCCCOC)c1)C(C)C)NC(=O)OCc1ccccc1)C(C)C. The highest BCUT2D eigenvalue weighted by molar-refractivity contribution is 5.90. The molecule has 2 rings (SSSR count). The normalized spacial score (nSPS) is 13.2. The first-order valence-electron chi connectivity index (χ1n) is 15.5. The Morgan fingerprint density at radius 3 is 2.18 bits per heavy atom. The zero-order valence-corrected chi connectivity index (χ0v) is 27.4. The molecule has 0 saturated carbocycles. The van der Waals surface area contributed by atoms with Crippen LogP contribution in [-0.2, 0) is 36.8 Å². The number of Topliss-reactive ketones (excluding diaryl/α,β-unsaturated/α-hetero) is 1. The molecule has 0 aliphatic carbocycles. The molecule has 0 spiro atoms. The summed E-state index contributed by atoms with van der Waals surface area (Å²) in [5.74, 6) is 0.152. The van der Waals surface area contributed by atoms with Gasteiger partial charge in [-0.05, 0) is 60.8 Å². The second-order valence-corrected chi connectivity index (χ2v) is 11.7. The van der Waals surface area contributed by atoms with Crippen molar-refractivity contribution < 1.29 is 38.1 Å². The van der Waals surface area contributed by atoms with E-state index in [-0.39, 0.29) is 43.2 Å². The minimum atomic E-state index is -0.843. The Labute approximate surface area is 262 Å². The van der Waals surface area contributed by atoms with Gasteiger partial charge in [-0.3, -0.25) is 9.59 Å². The molecule has 2 aromatic carbocycles. The third kappa shape index (κ3) is 12.6. The molecule has 0 radical (unpaired) electrons. The Morgan fingerprint density at radius 1 is 0.841 bits per heavy atom. The zero-order chi connectivity index (χ0) is 32.5. The third-order valence-corrected chi connectivity index (χ3v) is 7.67. The van der Waals surface area contributed by atoms with E-state index in [1.807, 2.05) is 62.4 Å². The largest absolute Gasteiger partial charge is 0.493 e. The van der Waals surface area contributed by atoms with Crippen LogP contribution in [0.5, 0.6) is 11.5 Å². The van der Waals surface area contributed by atoms with Gasteiger partial charge in [-0.25, -0.2) is 4.79 Å². The molecule has 0 fully saturated rings. The van der Waals surface area contributed by atoms with Gasteiger partial charge in [0, 0.05) is 26.6 Å². The van der Waals surface area contributed by atoms with Gasteiger partial charge in [-0.2, -0.15) is 0 Å². The van der Waals surface area contributed by atoms with Crippen LogP contribution in [0.2, 0.25) is 0 Å². The average molecular weight is 614 g/mol. The lowest BCUT2D eigenvalue weighted by Gasteiger charge is -2.28. The topological polar surface area (TPSA) is 109 Å². The highest BCUT2D eigenvalue weighted by Gasteiger charge is 2.33. The fourth-order valence-corrected chi connectivity index (χ4v) is 4.92. The van der Waals surface area contributed by atoms with Gasteiger partial charge < -0.3 is 29.0 Å². The zero-order valence-electron chi connectivity index (χ0n) is 27.4. The third-order valence-electron chi connectivity index (χ3n) is 7.67. The van der Waals surface area contributed by atoms with E-state index in [4.69, 9.17) is 23.7 Å². The van der Waals surface area contributed by atoms with Crippen molar-refractivity contribution >= 4 is 17.8 Å². The number of amides is 1. The number of rotatable bonds is 20. The van der Waals surface area contributed by atoms with Gasteiger partial charge in [-0.1, -0.05) is 64.1 Å². The molecule has 0 aliphatic rings. The first-order chi connectivity index (χ1) is 21.1. The number of methoxy groups -OCH3 is 2. The van der Waals surface area contributed by atoms with Crippen molar-refractivity contribution in [2.75, 3.05) is 34.0 Å². The number of hydrogen-bond donors (Lipinski definition) is 1. The summed E-state index contributed by atoms with van der Waals surface area (Å²) >= 11 is 0. The van der Waals surface area contributed by atoms with Crippen LogP contribution in [0.3, 0.4) is 0 Å². The van der Waals surface area contributed by atoms with Crippen LogP contribution in [-0.4, -0.2) is 57.9 Å². The van der Waals surface area contributed by atoms with Crippen molar-refractivity contribution in [1.29, 1.82) is 0 Å². The number of ketones is 1. The molecule has 1 unspecified atom stereocenters. The minimum Gasteiger partial charge on any atom is -0.493 e. The van der Waals surface area contributed by atoms with Crippen molar-refractivity contribution in [2.24, 2.45) is 23.7 Å². The summed E-state index contributed by atoms with van der Waals surface area (Å²) in [6, 6.07) is 14.3. The second-order valence-electron chi connectivity index (χ2n) is 11.7. The molecule has 0 heterocycles. The van der Waals surface area contributed by atoms with Crippen molar-refractivity contribution in [3.63, 3.8) is 0 Å². The Morgan fingerprint density at radius 2 is 1.57 bits per heavy atom. The van der Waals surface area contributed by atoms with E-state index in [1.54, 1.807) is 21.1 Å². The summed E-state index contributed by atoms with van der Waals surface area (Å²) in [5, 5.41) is 2.82. The average Bonchev–Trinajstić information content (AvgIpc) is 3.00. The van der Waals surface area contributed by atoms with Crippen LogP contribution in [0.15, 0.2) is 48.5 Å². The fraction of sp³-hybridized carbons (Fsp3) is 0.571. The molecule has 1 amide bonds. The number of alkyl carbamates (subject to hydrolysis) is 1. The summed E-state index contributed by atoms with van der Waals surface area (Å²) in [7, 11) is 3.26. The van der Waals surface area contributed by atoms with Crippen LogP contribution in [0, 0.1) is 23.7 Å². The number of nitrogens with one attached hydrogen (secondary N) is 1. The van der Waals surface area contributed by atoms with E-state index in [0.717, 1.165) is 17.5 Å². The smallest absolute Gasteiger partial charge is 0.408 e. The molecule has 0 saturated heterocycles. The molecule has 0 bridgehead atoms. The van der Waals surface area contributed by atoms with E-state index in [0.29, 0.717) is 37.6 Å². The van der Waals surface area contributed by atoms with Gasteiger partial charge in [0.05, 0.1) is 32.3 Å². The molecule has 244 valence electrons. The van der Waals surface area contributed by atoms with Crippen LogP contribution in [0.1, 0.15) is 65.0 Å². The standard InChI is InChI=1S/C35H51NO8/c1-8-42-34(38)29(25(4)5)22-31(37)30(36-35(39)44-23-26-13-10-9-11-14-26)21-28(24(2)3)19-27-15-16-32(41-7)33(20-27)43-18-12-17-40-6/h9-11,13-16,20,24-25,28-30H,8,12,17-19,21-23H2,1-7H3,(H,36,39)/t28-,29?,30-/m0/s1. The molecule has 0 aromatic heterocycles. The predicted octanol–water partition coefficient (Wildman–Crippen LogP) is 6.40. The molecule has 44 heavy (non-hydrogen) atoms. The maximum absolute atomic E-state index is 13.8. The van der Waals surface area contributed by atoms with Crippen LogP contribution >= 0.6 is 0 Å². The van der Waals surface area contributed by atoms with Crippen LogP contribution in [0.25, 0.3) is 0 Å². The molecule has 9 nitrogen and oxygen atoms in total. The summed E-state index contributed by atoms with van der Waals surface area (Å²) < 4.78 is 27.3. The van der Waals surface area contributed by atoms with Crippen molar-refractivity contribution in [3.05, 3.63) is 59.7 Å². The lowest BCUT2D eigenvalue weighted by Crippen LogP contribution is -2.44. The molecule has 9 heteroatoms. The Kier molecular flexibility index (Phi) is 16.3. The van der Waals surface area contributed by atoms with Gasteiger partial charge in [0.15, 0.2) is 17.3 Å². The summed E-state index contributed by atoms with van der Waals surface area (Å²) in [6.45, 7) is 11.1. The first kappa shape index (κ1) is 36.6. The monoisotopic (exact) mass is 613 g/mol. The molecule has 1 N–H and O–H groups in total. The van der Waals surface area contributed by atoms with E-state index < -0.39 is 24.0 Å². The van der Waals surface area contributed by atoms with Crippen molar-refractivity contribution in [1.82, 2.24) is 5.32 Å². The summed E-state index contributed by atoms with van der Waals surface area (Å²) in [6.07, 6.45) is 1.06. The number of esters is 1. The number of carbonyl (C=O) groups is 3. The minimum absolute atomic E-state index is 0.0215. The highest BCUT2D eigenvalue weighted by Crippen LogP contribution is 2.32. The van der Waals surface area contributed by atoms with Crippen LogP contribution < -0.4 is 14.8 Å². The maximum Gasteiger partial charge on any atom is 0.408 e. The van der Waals surface area contributed by atoms with E-state index in [2.05, 4.69) is 19.2 Å². The summed E-state index contributed by atoms with van der Waals surface area (Å²) in [5.41, 5.74) is 1.86. The molecule has 0 aliphatic heterocycles. The fourth-order valence-electron chi connectivity index (χ4n) is 4.92. The lowest BCUT2D eigenvalue weighted by molar-refractivity contribution is -0.151. The second kappa shape index (κ2) is 19.6. The molecular formula is C35H51NO8. The Balaban J connectivity index is 2.26. The van der Waals surface area contributed by atoms with Gasteiger partial charge in [0.1, 0.15) is 6.61 Å². The van der Waals surface area contributed by atoms with E-state index >= 15 is 0 Å². The van der Waals surface area contributed by atoms with Crippen molar-refractivity contribution in [2.45, 2.75) is 73.0 Å². The lowest BCUT2D eigenvalue weighted by atomic mass is 9.81. The van der Waals surface area contributed by atoms with Gasteiger partial charge in [0.2, 0.25) is 0 Å². The maximum atomic E-state index is 13.8. The van der Waals surface area contributed by atoms with Crippen LogP contribution in [0.4, 0.5) is 4.79 Å². The van der Waals surface area contributed by atoms with Crippen molar-refractivity contribution in [3.8, 4) is 11.5 Å². The van der Waals surface area contributed by atoms with Gasteiger partial charge in [-0.15, -0.1) is 0 Å². The quantitative estimate of drug-likeness (QED) is 0.135. The molecule has 2 aromatic rings. The molecular weight excluding hydrogens is 562 g/mol. The highest BCUT2D eigenvalue weighted by atomic mass is 16.5. The number of benzene rings is 2. The molecule has 3 atom stereocenters. The van der Waals surface area contributed by atoms with E-state index in [1.165, 1.54) is 0 Å². The number of hydrogen-bond acceptors (Lipinski definition) is 8. The number of carbonyl (C=O) groups excluding carboxylic acids is 3. The Hall–Kier alpha value is -3.59. The van der Waals surface area contributed by atoms with Gasteiger partial charge >= 0.3 is 12.1 Å². The Bertz CT molecular complexity index is 1150. The predicted molar refractivity (Wildman–Crippen MR) is 170 cm³/mol.